The molecule has 0 saturated carbocycles. The first-order valence-electron chi connectivity index (χ1n) is 10.5. The zero-order chi connectivity index (χ0) is 24.4. The van der Waals surface area contributed by atoms with E-state index in [-0.39, 0.29) is 22.6 Å². The molecule has 0 spiro atoms. The molecule has 0 bridgehead atoms. The van der Waals surface area contributed by atoms with Crippen molar-refractivity contribution in [1.29, 1.82) is 0 Å². The van der Waals surface area contributed by atoms with Crippen LogP contribution in [0.1, 0.15) is 38.4 Å². The number of halogens is 1. The lowest BCUT2D eigenvalue weighted by molar-refractivity contribution is -0.110. The van der Waals surface area contributed by atoms with Crippen LogP contribution in [0, 0.1) is 19.7 Å². The van der Waals surface area contributed by atoms with Gasteiger partial charge in [0.25, 0.3) is 15.9 Å². The van der Waals surface area contributed by atoms with E-state index in [1.807, 2.05) is 0 Å². The molecule has 3 heterocycles. The summed E-state index contributed by atoms with van der Waals surface area (Å²) < 4.78 is 41.7. The Labute approximate surface area is 194 Å². The highest BCUT2D eigenvalue weighted by Crippen LogP contribution is 2.38. The van der Waals surface area contributed by atoms with Crippen molar-refractivity contribution in [2.24, 2.45) is 0 Å². The minimum Gasteiger partial charge on any atom is -0.478 e. The van der Waals surface area contributed by atoms with Gasteiger partial charge in [-0.05, 0) is 73.9 Å². The number of carboxylic acids is 1. The number of nitrogens with zero attached hydrogens (tertiary/aromatic N) is 1. The quantitative estimate of drug-likeness (QED) is 0.491. The van der Waals surface area contributed by atoms with Crippen molar-refractivity contribution in [2.45, 2.75) is 25.2 Å². The fraction of sp³-hybridized carbons (Fsp3) is 0.167. The third kappa shape index (κ3) is 3.29. The van der Waals surface area contributed by atoms with Crippen LogP contribution in [-0.4, -0.2) is 36.9 Å². The van der Waals surface area contributed by atoms with E-state index >= 15 is 0 Å². The van der Waals surface area contributed by atoms with Crippen LogP contribution in [0.25, 0.3) is 11.6 Å². The number of aryl methyl sites for hydroxylation is 1. The van der Waals surface area contributed by atoms with E-state index in [1.165, 1.54) is 46.8 Å². The molecule has 0 fully saturated rings. The van der Waals surface area contributed by atoms with Crippen LogP contribution in [0.2, 0.25) is 0 Å². The second kappa shape index (κ2) is 7.56. The van der Waals surface area contributed by atoms with Gasteiger partial charge in [0.15, 0.2) is 0 Å². The van der Waals surface area contributed by atoms with Crippen molar-refractivity contribution in [2.75, 3.05) is 16.2 Å². The summed E-state index contributed by atoms with van der Waals surface area (Å²) in [5.74, 6) is -1.92. The summed E-state index contributed by atoms with van der Waals surface area (Å²) in [6, 6.07) is 8.39. The Morgan fingerprint density at radius 2 is 1.94 bits per heavy atom. The third-order valence-electron chi connectivity index (χ3n) is 6.24. The molecule has 0 aliphatic carbocycles. The summed E-state index contributed by atoms with van der Waals surface area (Å²) >= 11 is 0. The number of carbonyl (C=O) groups excluding carboxylic acids is 1. The van der Waals surface area contributed by atoms with Gasteiger partial charge in [0.1, 0.15) is 5.82 Å². The number of hydrogen-bond acceptors (Lipinski definition) is 4. The van der Waals surface area contributed by atoms with Crippen molar-refractivity contribution in [3.05, 3.63) is 75.9 Å². The number of rotatable bonds is 4. The van der Waals surface area contributed by atoms with Crippen LogP contribution in [0.15, 0.2) is 41.3 Å². The van der Waals surface area contributed by atoms with Crippen LogP contribution in [0.4, 0.5) is 15.8 Å². The van der Waals surface area contributed by atoms with E-state index < -0.39 is 27.7 Å². The molecule has 1 aromatic heterocycles. The number of carboxylic acid groups (broad SMARTS) is 1. The average molecular weight is 482 g/mol. The van der Waals surface area contributed by atoms with Crippen molar-refractivity contribution in [3.8, 4) is 0 Å². The van der Waals surface area contributed by atoms with Crippen LogP contribution in [0.5, 0.6) is 0 Å². The highest BCUT2D eigenvalue weighted by molar-refractivity contribution is 7.92. The van der Waals surface area contributed by atoms with E-state index in [4.69, 9.17) is 0 Å². The number of fused-ring (bicyclic) bond motifs is 2. The molecule has 2 aliphatic rings. The molecular weight excluding hydrogens is 461 g/mol. The maximum absolute atomic E-state index is 13.6. The molecule has 5 rings (SSSR count). The zero-order valence-corrected chi connectivity index (χ0v) is 19.1. The molecule has 2 aliphatic heterocycles. The van der Waals surface area contributed by atoms with E-state index in [1.54, 1.807) is 13.8 Å². The largest absolute Gasteiger partial charge is 0.478 e. The number of aromatic nitrogens is 1. The van der Waals surface area contributed by atoms with Crippen LogP contribution in [0.3, 0.4) is 0 Å². The van der Waals surface area contributed by atoms with E-state index in [0.717, 1.165) is 0 Å². The predicted octanol–water partition coefficient (Wildman–Crippen LogP) is 3.71. The van der Waals surface area contributed by atoms with Gasteiger partial charge in [0.2, 0.25) is 0 Å². The maximum atomic E-state index is 13.6. The number of anilines is 2. The SMILES string of the molecule is Cc1[nH]c(/C=C2\C(=O)Nc3ccc(S(=O)(=O)N4CCc5cc(F)ccc54)cc32)c(C)c1C(=O)O. The minimum atomic E-state index is -3.96. The summed E-state index contributed by atoms with van der Waals surface area (Å²) in [6.07, 6.45) is 1.93. The normalized spacial score (nSPS) is 16.0. The molecule has 174 valence electrons. The van der Waals surface area contributed by atoms with E-state index in [2.05, 4.69) is 10.3 Å². The molecule has 1 amide bonds. The first-order valence-corrected chi connectivity index (χ1v) is 11.9. The number of H-pyrrole nitrogens is 1. The number of aromatic amines is 1. The number of amides is 1. The van der Waals surface area contributed by atoms with Crippen molar-refractivity contribution >= 4 is 44.9 Å². The van der Waals surface area contributed by atoms with Crippen molar-refractivity contribution in [1.82, 2.24) is 4.98 Å². The smallest absolute Gasteiger partial charge is 0.337 e. The van der Waals surface area contributed by atoms with E-state index in [9.17, 15) is 27.5 Å². The van der Waals surface area contributed by atoms with Gasteiger partial charge in [-0.2, -0.15) is 0 Å². The van der Waals surface area contributed by atoms with Gasteiger partial charge >= 0.3 is 5.97 Å². The molecule has 0 saturated heterocycles. The zero-order valence-electron chi connectivity index (χ0n) is 18.3. The number of hydrogen-bond donors (Lipinski definition) is 3. The lowest BCUT2D eigenvalue weighted by Gasteiger charge is -2.20. The van der Waals surface area contributed by atoms with Crippen molar-refractivity contribution < 1.29 is 27.5 Å². The minimum absolute atomic E-state index is 0.00330. The first-order chi connectivity index (χ1) is 16.1. The standard InChI is InChI=1S/C24H20FN3O5S/c1-12-20(26-13(2)22(12)24(30)31)11-18-17-10-16(4-5-19(17)27-23(18)29)34(32,33)28-8-7-14-9-15(25)3-6-21(14)28/h3-6,9-11,26H,7-8H2,1-2H3,(H,27,29)(H,30,31)/b18-11-. The fourth-order valence-corrected chi connectivity index (χ4v) is 6.10. The lowest BCUT2D eigenvalue weighted by atomic mass is 10.0. The lowest BCUT2D eigenvalue weighted by Crippen LogP contribution is -2.29. The topological polar surface area (TPSA) is 120 Å². The maximum Gasteiger partial charge on any atom is 0.337 e. The van der Waals surface area contributed by atoms with Gasteiger partial charge in [0.05, 0.1) is 21.7 Å². The molecule has 3 aromatic rings. The molecule has 8 nitrogen and oxygen atoms in total. The number of nitrogens with one attached hydrogen (secondary N) is 2. The predicted molar refractivity (Wildman–Crippen MR) is 125 cm³/mol. The van der Waals surface area contributed by atoms with Gasteiger partial charge in [-0.1, -0.05) is 0 Å². The average Bonchev–Trinajstić information content (AvgIpc) is 3.41. The van der Waals surface area contributed by atoms with Crippen molar-refractivity contribution in [3.63, 3.8) is 0 Å². The van der Waals surface area contributed by atoms with E-state index in [0.29, 0.717) is 45.9 Å². The van der Waals surface area contributed by atoms with Gasteiger partial charge in [0, 0.05) is 29.2 Å². The summed E-state index contributed by atoms with van der Waals surface area (Å²) in [4.78, 5) is 27.2. The van der Waals surface area contributed by atoms with Crippen LogP contribution >= 0.6 is 0 Å². The fourth-order valence-electron chi connectivity index (χ4n) is 4.57. The molecule has 10 heteroatoms. The Morgan fingerprint density at radius 3 is 2.65 bits per heavy atom. The number of aromatic carboxylic acids is 1. The van der Waals surface area contributed by atoms with Gasteiger partial charge < -0.3 is 15.4 Å². The summed E-state index contributed by atoms with van der Waals surface area (Å²) in [7, 11) is -3.96. The molecule has 0 unspecified atom stereocenters. The van der Waals surface area contributed by atoms with Crippen LogP contribution < -0.4 is 9.62 Å². The second-order valence-corrected chi connectivity index (χ2v) is 10.2. The highest BCUT2D eigenvalue weighted by atomic mass is 32.2. The van der Waals surface area contributed by atoms with Crippen LogP contribution in [-0.2, 0) is 21.2 Å². The Morgan fingerprint density at radius 1 is 1.18 bits per heavy atom. The number of benzene rings is 2. The van der Waals surface area contributed by atoms with Gasteiger partial charge in [-0.25, -0.2) is 17.6 Å². The summed E-state index contributed by atoms with van der Waals surface area (Å²) in [5.41, 5.74) is 3.64. The Hall–Kier alpha value is -3.92. The monoisotopic (exact) mass is 481 g/mol. The molecule has 34 heavy (non-hydrogen) atoms. The third-order valence-corrected chi connectivity index (χ3v) is 8.04. The second-order valence-electron chi connectivity index (χ2n) is 8.29. The van der Waals surface area contributed by atoms with Gasteiger partial charge in [-0.15, -0.1) is 0 Å². The molecule has 3 N–H and O–H groups in total. The Kier molecular flexibility index (Phi) is 4.87. The molecular formula is C24H20FN3O5S. The number of sulfonamides is 1. The number of carbonyl (C=O) groups is 2. The first kappa shape index (κ1) is 21.9. The summed E-state index contributed by atoms with van der Waals surface area (Å²) in [5, 5.41) is 12.1. The highest BCUT2D eigenvalue weighted by Gasteiger charge is 2.33. The van der Waals surface area contributed by atoms with Gasteiger partial charge in [-0.3, -0.25) is 9.10 Å². The molecule has 0 atom stereocenters. The molecule has 2 aromatic carbocycles. The summed E-state index contributed by atoms with van der Waals surface area (Å²) in [6.45, 7) is 3.46. The Bertz CT molecular complexity index is 1540. The Balaban J connectivity index is 1.58. The molecule has 0 radical (unpaired) electrons.